The molecule has 48 heavy (non-hydrogen) atoms. The maximum atomic E-state index is 14.2. The molecule has 5 rings (SSSR count). The van der Waals surface area contributed by atoms with Crippen molar-refractivity contribution in [3.8, 4) is 11.5 Å². The van der Waals surface area contributed by atoms with E-state index in [9.17, 15) is 14.2 Å². The maximum absolute atomic E-state index is 14.2. The summed E-state index contributed by atoms with van der Waals surface area (Å²) in [6.07, 6.45) is -0.686. The fourth-order valence-corrected chi connectivity index (χ4v) is 5.66. The lowest BCUT2D eigenvalue weighted by molar-refractivity contribution is 0.0850. The number of carbonyl (C=O) groups excluding carboxylic acids is 2. The third-order valence-corrected chi connectivity index (χ3v) is 8.38. The van der Waals surface area contributed by atoms with E-state index in [2.05, 4.69) is 0 Å². The van der Waals surface area contributed by atoms with E-state index in [4.69, 9.17) is 23.0 Å². The summed E-state index contributed by atoms with van der Waals surface area (Å²) in [5.74, 6) is 0.148. The average molecular weight is 666 g/mol. The molecule has 0 aromatic heterocycles. The second kappa shape index (κ2) is 17.1. The predicted octanol–water partition coefficient (Wildman–Crippen LogP) is 8.64. The van der Waals surface area contributed by atoms with Crippen molar-refractivity contribution < 1.29 is 37.2 Å². The molecular formula is C38H36NO8P. The molecule has 0 aliphatic heterocycles. The number of phosphoric ester groups is 1. The van der Waals surface area contributed by atoms with E-state index in [-0.39, 0.29) is 50.3 Å². The largest absolute Gasteiger partial charge is 0.530 e. The molecule has 5 aromatic carbocycles. The van der Waals surface area contributed by atoms with Crippen molar-refractivity contribution in [2.45, 2.75) is 26.4 Å². The van der Waals surface area contributed by atoms with Crippen molar-refractivity contribution >= 4 is 19.7 Å². The smallest absolute Gasteiger partial charge is 0.485 e. The zero-order valence-corrected chi connectivity index (χ0v) is 27.4. The Bertz CT molecular complexity index is 1760. The second-order valence-corrected chi connectivity index (χ2v) is 12.4. The van der Waals surface area contributed by atoms with Crippen LogP contribution in [0.5, 0.6) is 11.5 Å². The monoisotopic (exact) mass is 665 g/mol. The Morgan fingerprint density at radius 2 is 1.08 bits per heavy atom. The molecule has 10 heteroatoms. The van der Waals surface area contributed by atoms with Crippen LogP contribution in [0, 0.1) is 0 Å². The molecular weight excluding hydrogens is 629 g/mol. The molecule has 0 saturated carbocycles. The van der Waals surface area contributed by atoms with Crippen molar-refractivity contribution in [1.29, 1.82) is 0 Å². The van der Waals surface area contributed by atoms with Crippen molar-refractivity contribution in [1.82, 2.24) is 4.90 Å². The van der Waals surface area contributed by atoms with E-state index < -0.39 is 13.9 Å². The standard InChI is InChI=1S/C38H36NO8P/c1-39(25-35(40)34-20-12-5-13-21-34)38(41)44-27-33-22-23-36(43-26-30-14-6-2-7-15-30)37(24-33)47-48(42,45-28-31-16-8-3-9-17-31)46-29-32-18-10-4-11-19-32/h2-24H,25-29H2,1H3. The van der Waals surface area contributed by atoms with E-state index in [1.165, 1.54) is 11.9 Å². The average Bonchev–Trinajstić information content (AvgIpc) is 3.13. The Labute approximate surface area is 280 Å². The van der Waals surface area contributed by atoms with Gasteiger partial charge in [0.05, 0.1) is 19.8 Å². The van der Waals surface area contributed by atoms with Gasteiger partial charge in [-0.15, -0.1) is 0 Å². The first kappa shape index (κ1) is 34.1. The lowest BCUT2D eigenvalue weighted by Gasteiger charge is -2.21. The molecule has 1 amide bonds. The summed E-state index contributed by atoms with van der Waals surface area (Å²) in [4.78, 5) is 26.5. The number of phosphoric acid groups is 1. The van der Waals surface area contributed by atoms with Crippen molar-refractivity contribution in [2.75, 3.05) is 13.6 Å². The first-order valence-corrected chi connectivity index (χ1v) is 16.8. The first-order valence-electron chi connectivity index (χ1n) is 15.3. The van der Waals surface area contributed by atoms with Gasteiger partial charge >= 0.3 is 13.9 Å². The molecule has 0 saturated heterocycles. The Morgan fingerprint density at radius 3 is 1.62 bits per heavy atom. The number of ether oxygens (including phenoxy) is 2. The quantitative estimate of drug-likeness (QED) is 0.0763. The van der Waals surface area contributed by atoms with E-state index in [1.807, 2.05) is 97.1 Å². The van der Waals surface area contributed by atoms with Crippen LogP contribution in [0.2, 0.25) is 0 Å². The van der Waals surface area contributed by atoms with E-state index in [0.717, 1.165) is 16.7 Å². The minimum absolute atomic E-state index is 0.0293. The molecule has 0 heterocycles. The van der Waals surface area contributed by atoms with Crippen LogP contribution in [-0.4, -0.2) is 30.4 Å². The minimum Gasteiger partial charge on any atom is -0.485 e. The first-order chi connectivity index (χ1) is 23.4. The van der Waals surface area contributed by atoms with Crippen LogP contribution in [0.3, 0.4) is 0 Å². The zero-order valence-electron chi connectivity index (χ0n) is 26.5. The highest BCUT2D eigenvalue weighted by atomic mass is 31.2. The summed E-state index contributed by atoms with van der Waals surface area (Å²) < 4.78 is 43.5. The molecule has 246 valence electrons. The SMILES string of the molecule is CN(CC(=O)c1ccccc1)C(=O)OCc1ccc(OCc2ccccc2)c(OP(=O)(OCc2ccccc2)OCc2ccccc2)c1. The molecule has 0 N–H and O–H groups in total. The summed E-state index contributed by atoms with van der Waals surface area (Å²) in [6, 6.07) is 41.7. The molecule has 9 nitrogen and oxygen atoms in total. The van der Waals surface area contributed by atoms with Crippen LogP contribution >= 0.6 is 7.82 Å². The van der Waals surface area contributed by atoms with Crippen molar-refractivity contribution in [2.24, 2.45) is 0 Å². The van der Waals surface area contributed by atoms with Gasteiger partial charge in [-0.25, -0.2) is 9.36 Å². The van der Waals surface area contributed by atoms with Gasteiger partial charge in [0.15, 0.2) is 17.3 Å². The topological polar surface area (TPSA) is 101 Å². The van der Waals surface area contributed by atoms with E-state index in [1.54, 1.807) is 42.5 Å². The van der Waals surface area contributed by atoms with Gasteiger partial charge in [-0.1, -0.05) is 127 Å². The van der Waals surface area contributed by atoms with E-state index >= 15 is 0 Å². The molecule has 0 unspecified atom stereocenters. The number of hydrogen-bond donors (Lipinski definition) is 0. The number of Topliss-reactive ketones (excluding diaryl/α,β-unsaturated/α-hetero) is 1. The van der Waals surface area contributed by atoms with Crippen LogP contribution in [0.25, 0.3) is 0 Å². The molecule has 0 fully saturated rings. The van der Waals surface area contributed by atoms with Gasteiger partial charge in [0.25, 0.3) is 0 Å². The molecule has 0 bridgehead atoms. The summed E-state index contributed by atoms with van der Waals surface area (Å²) in [5.41, 5.74) is 3.49. The summed E-state index contributed by atoms with van der Waals surface area (Å²) in [7, 11) is -2.76. The van der Waals surface area contributed by atoms with Crippen LogP contribution in [0.1, 0.15) is 32.6 Å². The molecule has 0 radical (unpaired) electrons. The fourth-order valence-electron chi connectivity index (χ4n) is 4.48. The van der Waals surface area contributed by atoms with Crippen molar-refractivity contribution in [3.63, 3.8) is 0 Å². The fraction of sp³-hybridized carbons (Fsp3) is 0.158. The lowest BCUT2D eigenvalue weighted by Crippen LogP contribution is -2.32. The predicted molar refractivity (Wildman–Crippen MR) is 181 cm³/mol. The minimum atomic E-state index is -4.25. The summed E-state index contributed by atoms with van der Waals surface area (Å²) in [6.45, 7) is -0.148. The number of rotatable bonds is 16. The van der Waals surface area contributed by atoms with Crippen LogP contribution in [-0.2, 0) is 44.8 Å². The number of hydrogen-bond acceptors (Lipinski definition) is 8. The third kappa shape index (κ3) is 10.4. The zero-order chi connectivity index (χ0) is 33.6. The number of benzene rings is 5. The van der Waals surface area contributed by atoms with Crippen LogP contribution < -0.4 is 9.26 Å². The Kier molecular flexibility index (Phi) is 12.2. The normalized spacial score (nSPS) is 11.0. The number of carbonyl (C=O) groups is 2. The van der Waals surface area contributed by atoms with Gasteiger partial charge in [0.1, 0.15) is 13.2 Å². The Balaban J connectivity index is 1.33. The van der Waals surface area contributed by atoms with Crippen molar-refractivity contribution in [3.05, 3.63) is 167 Å². The van der Waals surface area contributed by atoms with Crippen LogP contribution in [0.15, 0.2) is 140 Å². The number of likely N-dealkylation sites (N-methyl/N-ethyl adjacent to an activating group) is 1. The molecule has 0 spiro atoms. The highest BCUT2D eigenvalue weighted by Gasteiger charge is 2.31. The second-order valence-electron chi connectivity index (χ2n) is 10.8. The van der Waals surface area contributed by atoms with Gasteiger partial charge in [-0.2, -0.15) is 0 Å². The van der Waals surface area contributed by atoms with Crippen LogP contribution in [0.4, 0.5) is 4.79 Å². The summed E-state index contributed by atoms with van der Waals surface area (Å²) >= 11 is 0. The van der Waals surface area contributed by atoms with E-state index in [0.29, 0.717) is 11.1 Å². The lowest BCUT2D eigenvalue weighted by atomic mass is 10.1. The highest BCUT2D eigenvalue weighted by molar-refractivity contribution is 7.48. The Hall–Kier alpha value is -5.21. The Morgan fingerprint density at radius 1 is 0.583 bits per heavy atom. The van der Waals surface area contributed by atoms with Gasteiger partial charge in [0.2, 0.25) is 0 Å². The number of amides is 1. The summed E-state index contributed by atoms with van der Waals surface area (Å²) in [5, 5.41) is 0. The van der Waals surface area contributed by atoms with Gasteiger partial charge in [-0.05, 0) is 34.4 Å². The molecule has 5 aromatic rings. The van der Waals surface area contributed by atoms with Gasteiger partial charge < -0.3 is 18.9 Å². The maximum Gasteiger partial charge on any atom is 0.530 e. The number of nitrogens with zero attached hydrogens (tertiary/aromatic N) is 1. The highest BCUT2D eigenvalue weighted by Crippen LogP contribution is 2.53. The molecule has 0 aliphatic rings. The van der Waals surface area contributed by atoms with Gasteiger partial charge in [-0.3, -0.25) is 13.8 Å². The molecule has 0 aliphatic carbocycles. The molecule has 0 atom stereocenters. The van der Waals surface area contributed by atoms with Gasteiger partial charge in [0, 0.05) is 12.6 Å². The third-order valence-electron chi connectivity index (χ3n) is 7.07. The number of ketones is 1.